The molecule has 0 radical (unpaired) electrons. The molecule has 6 nitrogen and oxygen atoms in total. The van der Waals surface area contributed by atoms with Crippen LogP contribution in [0.15, 0.2) is 30.3 Å². The molecule has 0 N–H and O–H groups in total. The first-order valence-corrected chi connectivity index (χ1v) is 12.5. The van der Waals surface area contributed by atoms with Crippen molar-refractivity contribution in [3.05, 3.63) is 30.3 Å². The summed E-state index contributed by atoms with van der Waals surface area (Å²) in [6.07, 6.45) is -1.16. The number of benzene rings is 1. The molecule has 0 aliphatic carbocycles. The average molecular weight is 456 g/mol. The standard InChI is InChI=1S/C25H42B2N2O4/c1-10-26(11-2,12-3)33-23(30)27(20-16-14-13-15-17-20,21-28(8)24(4,5)18-31-21)22-29(9)25(6,7)19-32-22/h13-17H,10-12,18-19H2,1-9H3. The van der Waals surface area contributed by atoms with Gasteiger partial charge in [-0.3, -0.25) is 0 Å². The highest BCUT2D eigenvalue weighted by atomic mass is 16.5. The van der Waals surface area contributed by atoms with Crippen LogP contribution in [0.4, 0.5) is 4.79 Å². The molecule has 2 heterocycles. The van der Waals surface area contributed by atoms with Gasteiger partial charge in [0.05, 0.1) is 0 Å². The Morgan fingerprint density at radius 2 is 1.30 bits per heavy atom. The summed E-state index contributed by atoms with van der Waals surface area (Å²) < 4.78 is 23.6. The normalized spacial score (nSPS) is 20.0. The Hall–Kier alpha value is -2.24. The lowest BCUT2D eigenvalue weighted by atomic mass is 9.19. The molecule has 33 heavy (non-hydrogen) atoms. The van der Waals surface area contributed by atoms with Crippen molar-refractivity contribution in [2.45, 2.75) is 78.5 Å². The van der Waals surface area contributed by atoms with Gasteiger partial charge in [-0.2, -0.15) is 5.46 Å². The second-order valence-electron chi connectivity index (χ2n) is 11.3. The maximum Gasteiger partial charge on any atom is 0.416 e. The zero-order valence-electron chi connectivity index (χ0n) is 22.1. The zero-order chi connectivity index (χ0) is 24.7. The molecule has 0 amide bonds. The van der Waals surface area contributed by atoms with E-state index < -0.39 is 12.5 Å². The van der Waals surface area contributed by atoms with E-state index in [1.165, 1.54) is 0 Å². The van der Waals surface area contributed by atoms with Gasteiger partial charge < -0.3 is 18.9 Å². The molecule has 2 aliphatic heterocycles. The number of ether oxygens (including phenoxy) is 2. The molecular weight excluding hydrogens is 414 g/mol. The fourth-order valence-corrected chi connectivity index (χ4v) is 5.25. The van der Waals surface area contributed by atoms with Gasteiger partial charge in [-0.15, -0.1) is 19.0 Å². The van der Waals surface area contributed by atoms with Crippen molar-refractivity contribution in [2.75, 3.05) is 27.3 Å². The Morgan fingerprint density at radius 3 is 1.64 bits per heavy atom. The van der Waals surface area contributed by atoms with Gasteiger partial charge in [0, 0.05) is 27.7 Å². The number of rotatable bonds is 8. The van der Waals surface area contributed by atoms with E-state index in [-0.39, 0.29) is 16.9 Å². The van der Waals surface area contributed by atoms with Crippen LogP contribution in [0.5, 0.6) is 0 Å². The summed E-state index contributed by atoms with van der Waals surface area (Å²) >= 11 is 0. The number of carbonyl (C=O) groups is 1. The highest BCUT2D eigenvalue weighted by Crippen LogP contribution is 2.31. The topological polar surface area (TPSA) is 50.8 Å². The predicted octanol–water partition coefficient (Wildman–Crippen LogP) is 3.84. The Labute approximate surface area is 199 Å². The van der Waals surface area contributed by atoms with E-state index >= 15 is 0 Å². The Morgan fingerprint density at radius 1 is 0.879 bits per heavy atom. The molecule has 0 bridgehead atoms. The summed E-state index contributed by atoms with van der Waals surface area (Å²) in [5.41, 5.74) is 0.343. The molecule has 182 valence electrons. The summed E-state index contributed by atoms with van der Waals surface area (Å²) in [5, 5.41) is 0. The Kier molecular flexibility index (Phi) is 6.80. The Balaban J connectivity index is 2.40. The van der Waals surface area contributed by atoms with Crippen molar-refractivity contribution in [1.82, 2.24) is 0 Å². The van der Waals surface area contributed by atoms with E-state index in [1.54, 1.807) is 0 Å². The maximum atomic E-state index is 14.6. The molecule has 1 aromatic carbocycles. The lowest BCUT2D eigenvalue weighted by Crippen LogP contribution is -2.72. The van der Waals surface area contributed by atoms with Crippen LogP contribution in [0.3, 0.4) is 0 Å². The van der Waals surface area contributed by atoms with Crippen molar-refractivity contribution in [1.29, 1.82) is 0 Å². The molecule has 0 aromatic heterocycles. The number of carbonyl (C=O) groups excluding carboxylic acids is 1. The van der Waals surface area contributed by atoms with Gasteiger partial charge >= 0.3 is 6.15 Å². The monoisotopic (exact) mass is 456 g/mol. The second kappa shape index (κ2) is 8.84. The summed E-state index contributed by atoms with van der Waals surface area (Å²) in [4.78, 5) is 14.6. The van der Waals surface area contributed by atoms with E-state index in [4.69, 9.17) is 14.1 Å². The number of hydrogen-bond donors (Lipinski definition) is 0. The third-order valence-electron chi connectivity index (χ3n) is 8.62. The van der Waals surface area contributed by atoms with Gasteiger partial charge in [0.2, 0.25) is 0 Å². The Bertz CT molecular complexity index is 918. The van der Waals surface area contributed by atoms with Crippen molar-refractivity contribution in [2.24, 2.45) is 0 Å². The van der Waals surface area contributed by atoms with Gasteiger partial charge in [0.1, 0.15) is 20.0 Å². The second-order valence-corrected chi connectivity index (χ2v) is 11.3. The third kappa shape index (κ3) is 4.00. The third-order valence-corrected chi connectivity index (χ3v) is 8.62. The van der Waals surface area contributed by atoms with Gasteiger partial charge in [-0.25, -0.2) is 9.15 Å². The summed E-state index contributed by atoms with van der Waals surface area (Å²) in [5.74, 6) is 0.998. The quantitative estimate of drug-likeness (QED) is 0.441. The van der Waals surface area contributed by atoms with E-state index in [1.807, 2.05) is 44.4 Å². The predicted molar refractivity (Wildman–Crippen MR) is 138 cm³/mol. The number of nitrogens with zero attached hydrogens (tertiary/aromatic N) is 2. The molecule has 0 saturated carbocycles. The molecule has 0 saturated heterocycles. The van der Waals surface area contributed by atoms with Crippen LogP contribution >= 0.6 is 0 Å². The minimum atomic E-state index is -2.30. The lowest BCUT2D eigenvalue weighted by Gasteiger charge is -2.44. The molecule has 3 rings (SSSR count). The number of likely N-dealkylation sites (N-methyl/N-ethyl adjacent to an activating group) is 2. The first-order chi connectivity index (χ1) is 15.4. The van der Waals surface area contributed by atoms with Crippen molar-refractivity contribution in [3.63, 3.8) is 0 Å². The van der Waals surface area contributed by atoms with Crippen molar-refractivity contribution >= 4 is 35.4 Å². The van der Waals surface area contributed by atoms with Gasteiger partial charge in [0.15, 0.2) is 42.2 Å². The molecule has 0 spiro atoms. The average Bonchev–Trinajstić information content (AvgIpc) is 3.23. The maximum absolute atomic E-state index is 14.6. The molecule has 0 unspecified atom stereocenters. The molecule has 2 aliphatic rings. The fraction of sp³-hybridized carbons (Fsp3) is 0.640. The largest absolute Gasteiger partial charge is 0.716 e. The van der Waals surface area contributed by atoms with E-state index in [9.17, 15) is 4.79 Å². The van der Waals surface area contributed by atoms with Crippen LogP contribution in [-0.4, -0.2) is 77.5 Å². The first kappa shape index (κ1) is 25.4. The van der Waals surface area contributed by atoms with E-state index in [2.05, 4.69) is 57.6 Å². The summed E-state index contributed by atoms with van der Waals surface area (Å²) in [7, 11) is 4.02. The van der Waals surface area contributed by atoms with Crippen LogP contribution < -0.4 is 5.46 Å². The lowest BCUT2D eigenvalue weighted by molar-refractivity contribution is -0.563. The SMILES string of the molecule is CC[B-](CC)(CC)OC(=O)[B-](C1=[N+](C)C(C)(C)CO1)(C1=[N+](C)C(C)(C)CO1)c1ccccc1. The smallest absolute Gasteiger partial charge is 0.416 e. The van der Waals surface area contributed by atoms with Gasteiger partial charge in [0.25, 0.3) is 0 Å². The fourth-order valence-electron chi connectivity index (χ4n) is 5.25. The van der Waals surface area contributed by atoms with Gasteiger partial charge in [-0.05, 0) is 0 Å². The highest BCUT2D eigenvalue weighted by Gasteiger charge is 2.63. The molecule has 0 fully saturated rings. The van der Waals surface area contributed by atoms with Crippen molar-refractivity contribution < 1.29 is 28.1 Å². The summed E-state index contributed by atoms with van der Waals surface area (Å²) in [6.45, 7) is 15.8. The van der Waals surface area contributed by atoms with Gasteiger partial charge in [-0.1, -0.05) is 51.1 Å². The van der Waals surface area contributed by atoms with E-state index in [0.717, 1.165) is 24.4 Å². The van der Waals surface area contributed by atoms with E-state index in [0.29, 0.717) is 24.8 Å². The minimum Gasteiger partial charge on any atom is -0.716 e. The van der Waals surface area contributed by atoms with Crippen LogP contribution in [0.1, 0.15) is 48.5 Å². The molecule has 0 atom stereocenters. The van der Waals surface area contributed by atoms with Crippen LogP contribution in [-0.2, 0) is 14.1 Å². The summed E-state index contributed by atoms with van der Waals surface area (Å²) in [6, 6.07) is 9.92. The van der Waals surface area contributed by atoms with Crippen molar-refractivity contribution in [3.8, 4) is 0 Å². The van der Waals surface area contributed by atoms with Crippen LogP contribution in [0.25, 0.3) is 0 Å². The molecule has 8 heteroatoms. The highest BCUT2D eigenvalue weighted by molar-refractivity contribution is 7.45. The zero-order valence-corrected chi connectivity index (χ0v) is 22.1. The number of hydrogen-bond acceptors (Lipinski definition) is 4. The first-order valence-electron chi connectivity index (χ1n) is 12.5. The van der Waals surface area contributed by atoms with Crippen LogP contribution in [0.2, 0.25) is 19.0 Å². The van der Waals surface area contributed by atoms with Crippen LogP contribution in [0, 0.1) is 0 Å². The minimum absolute atomic E-state index is 0.257. The molecule has 1 aromatic rings. The molecular formula is C25H42B2N2O4.